The Labute approximate surface area is 152 Å². The molecule has 0 saturated carbocycles. The molecule has 27 heavy (non-hydrogen) atoms. The van der Waals surface area contributed by atoms with Crippen LogP contribution in [0, 0.1) is 5.82 Å². The van der Waals surface area contributed by atoms with E-state index in [9.17, 15) is 22.4 Å². The van der Waals surface area contributed by atoms with E-state index in [-0.39, 0.29) is 18.7 Å². The zero-order chi connectivity index (χ0) is 19.4. The number of nitrogens with one attached hydrogen (secondary N) is 3. The molecule has 2 heterocycles. The van der Waals surface area contributed by atoms with Crippen LogP contribution < -0.4 is 10.6 Å². The average Bonchev–Trinajstić information content (AvgIpc) is 3.12. The number of rotatable bonds is 5. The van der Waals surface area contributed by atoms with Crippen molar-refractivity contribution in [2.24, 2.45) is 0 Å². The number of carbonyl (C=O) groups is 1. The fraction of sp³-hybridized carbons (Fsp3) is 0.412. The van der Waals surface area contributed by atoms with Crippen LogP contribution in [-0.2, 0) is 0 Å². The Balaban J connectivity index is 1.71. The minimum atomic E-state index is -4.46. The van der Waals surface area contributed by atoms with E-state index in [0.717, 1.165) is 0 Å². The van der Waals surface area contributed by atoms with Crippen LogP contribution in [0.5, 0.6) is 0 Å². The Kier molecular flexibility index (Phi) is 5.76. The summed E-state index contributed by atoms with van der Waals surface area (Å²) in [5, 5.41) is 11.8. The van der Waals surface area contributed by atoms with Gasteiger partial charge in [0.1, 0.15) is 11.9 Å². The molecule has 0 bridgehead atoms. The van der Waals surface area contributed by atoms with Crippen LogP contribution in [0.15, 0.2) is 30.5 Å². The molecule has 1 aliphatic rings. The highest BCUT2D eigenvalue weighted by Gasteiger charge is 2.43. The second kappa shape index (κ2) is 8.05. The van der Waals surface area contributed by atoms with Crippen LogP contribution in [0.3, 0.4) is 0 Å². The van der Waals surface area contributed by atoms with E-state index in [1.165, 1.54) is 35.4 Å². The summed E-state index contributed by atoms with van der Waals surface area (Å²) in [4.78, 5) is 13.8. The number of carbonyl (C=O) groups excluding carboxylic acids is 1. The zero-order valence-electron chi connectivity index (χ0n) is 14.3. The van der Waals surface area contributed by atoms with E-state index < -0.39 is 30.5 Å². The number of alkyl halides is 3. The second-order valence-electron chi connectivity index (χ2n) is 6.22. The molecule has 2 aromatic rings. The van der Waals surface area contributed by atoms with Gasteiger partial charge >= 0.3 is 6.18 Å². The fourth-order valence-electron chi connectivity index (χ4n) is 3.03. The van der Waals surface area contributed by atoms with E-state index in [4.69, 9.17) is 0 Å². The molecule has 1 atom stereocenters. The standard InChI is InChI=1S/C17H19F4N5O/c18-12-3-1-11(2-4-12)15-13(9-24-25-15)16(27)23-10-14(17(19,20)21)26-7-5-22-6-8-26/h1-4,9,14,22H,5-8,10H2,(H,23,27)(H,24,25). The third-order valence-electron chi connectivity index (χ3n) is 4.44. The molecule has 1 aromatic heterocycles. The van der Waals surface area contributed by atoms with Crippen molar-refractivity contribution < 1.29 is 22.4 Å². The number of H-pyrrole nitrogens is 1. The Morgan fingerprint density at radius 1 is 1.22 bits per heavy atom. The van der Waals surface area contributed by atoms with Gasteiger partial charge in [0.05, 0.1) is 17.5 Å². The first kappa shape index (κ1) is 19.3. The Bertz CT molecular complexity index is 768. The first-order chi connectivity index (χ1) is 12.9. The van der Waals surface area contributed by atoms with Crippen molar-refractivity contribution in [1.82, 2.24) is 25.7 Å². The topological polar surface area (TPSA) is 73.1 Å². The number of hydrogen-bond acceptors (Lipinski definition) is 4. The second-order valence-corrected chi connectivity index (χ2v) is 6.22. The van der Waals surface area contributed by atoms with E-state index in [1.54, 1.807) is 0 Å². The molecule has 0 radical (unpaired) electrons. The number of aromatic nitrogens is 2. The SMILES string of the molecule is O=C(NCC(N1CCNCC1)C(F)(F)F)c1cn[nH]c1-c1ccc(F)cc1. The van der Waals surface area contributed by atoms with Gasteiger partial charge in [-0.1, -0.05) is 0 Å². The Morgan fingerprint density at radius 2 is 1.89 bits per heavy atom. The normalized spacial score (nSPS) is 16.9. The largest absolute Gasteiger partial charge is 0.405 e. The molecule has 10 heteroatoms. The lowest BCUT2D eigenvalue weighted by molar-refractivity contribution is -0.183. The van der Waals surface area contributed by atoms with Crippen LogP contribution in [0.1, 0.15) is 10.4 Å². The van der Waals surface area contributed by atoms with Gasteiger partial charge in [-0.05, 0) is 24.3 Å². The summed E-state index contributed by atoms with van der Waals surface area (Å²) in [6.07, 6.45) is -3.22. The molecular weight excluding hydrogens is 366 g/mol. The average molecular weight is 385 g/mol. The molecule has 0 spiro atoms. The lowest BCUT2D eigenvalue weighted by Crippen LogP contribution is -2.57. The van der Waals surface area contributed by atoms with Gasteiger partial charge in [0.2, 0.25) is 0 Å². The summed E-state index contributed by atoms with van der Waals surface area (Å²) >= 11 is 0. The minimum Gasteiger partial charge on any atom is -0.350 e. The summed E-state index contributed by atoms with van der Waals surface area (Å²) < 4.78 is 53.3. The van der Waals surface area contributed by atoms with Crippen LogP contribution >= 0.6 is 0 Å². The van der Waals surface area contributed by atoms with Crippen molar-refractivity contribution in [3.63, 3.8) is 0 Å². The molecule has 6 nitrogen and oxygen atoms in total. The number of benzene rings is 1. The van der Waals surface area contributed by atoms with Crippen molar-refractivity contribution in [2.75, 3.05) is 32.7 Å². The van der Waals surface area contributed by atoms with Crippen molar-refractivity contribution >= 4 is 5.91 Å². The molecule has 1 aromatic carbocycles. The molecule has 1 saturated heterocycles. The van der Waals surface area contributed by atoms with Gasteiger partial charge in [0.25, 0.3) is 5.91 Å². The van der Waals surface area contributed by atoms with Gasteiger partial charge in [-0.2, -0.15) is 18.3 Å². The summed E-state index contributed by atoms with van der Waals surface area (Å²) in [6, 6.07) is 3.60. The van der Waals surface area contributed by atoms with E-state index in [0.29, 0.717) is 24.3 Å². The summed E-state index contributed by atoms with van der Waals surface area (Å²) in [6.45, 7) is 0.892. The van der Waals surface area contributed by atoms with Crippen LogP contribution in [0.2, 0.25) is 0 Å². The van der Waals surface area contributed by atoms with Crippen molar-refractivity contribution in [3.8, 4) is 11.3 Å². The zero-order valence-corrected chi connectivity index (χ0v) is 14.3. The predicted octanol–water partition coefficient (Wildman–Crippen LogP) is 1.78. The smallest absolute Gasteiger partial charge is 0.350 e. The highest BCUT2D eigenvalue weighted by atomic mass is 19.4. The van der Waals surface area contributed by atoms with Gasteiger partial charge in [0.15, 0.2) is 0 Å². The quantitative estimate of drug-likeness (QED) is 0.686. The highest BCUT2D eigenvalue weighted by molar-refractivity contribution is 5.99. The van der Waals surface area contributed by atoms with Crippen molar-refractivity contribution in [2.45, 2.75) is 12.2 Å². The predicted molar refractivity (Wildman–Crippen MR) is 90.6 cm³/mol. The number of amides is 1. The van der Waals surface area contributed by atoms with Gasteiger partial charge in [-0.15, -0.1) is 0 Å². The third-order valence-corrected chi connectivity index (χ3v) is 4.44. The minimum absolute atomic E-state index is 0.0999. The Morgan fingerprint density at radius 3 is 2.52 bits per heavy atom. The maximum atomic E-state index is 13.4. The highest BCUT2D eigenvalue weighted by Crippen LogP contribution is 2.25. The van der Waals surface area contributed by atoms with Crippen molar-refractivity contribution in [1.29, 1.82) is 0 Å². The molecule has 146 valence electrons. The molecule has 1 aliphatic heterocycles. The van der Waals surface area contributed by atoms with Crippen LogP contribution in [0.4, 0.5) is 17.6 Å². The maximum absolute atomic E-state index is 13.4. The maximum Gasteiger partial charge on any atom is 0.405 e. The molecule has 0 aliphatic carbocycles. The summed E-state index contributed by atoms with van der Waals surface area (Å²) in [7, 11) is 0. The lowest BCUT2D eigenvalue weighted by atomic mass is 10.1. The van der Waals surface area contributed by atoms with Gasteiger partial charge in [-0.3, -0.25) is 14.8 Å². The first-order valence-electron chi connectivity index (χ1n) is 8.45. The number of piperazine rings is 1. The number of nitrogens with zero attached hydrogens (tertiary/aromatic N) is 2. The van der Waals surface area contributed by atoms with Gasteiger partial charge in [-0.25, -0.2) is 4.39 Å². The number of halogens is 4. The molecule has 3 N–H and O–H groups in total. The summed E-state index contributed by atoms with van der Waals surface area (Å²) in [5.74, 6) is -1.11. The lowest BCUT2D eigenvalue weighted by Gasteiger charge is -2.35. The first-order valence-corrected chi connectivity index (χ1v) is 8.45. The van der Waals surface area contributed by atoms with E-state index >= 15 is 0 Å². The van der Waals surface area contributed by atoms with Crippen LogP contribution in [-0.4, -0.2) is 65.9 Å². The van der Waals surface area contributed by atoms with E-state index in [2.05, 4.69) is 20.8 Å². The summed E-state index contributed by atoms with van der Waals surface area (Å²) in [5.41, 5.74) is 0.926. The number of hydrogen-bond donors (Lipinski definition) is 3. The number of aromatic amines is 1. The molecular formula is C17H19F4N5O. The fourth-order valence-corrected chi connectivity index (χ4v) is 3.03. The van der Waals surface area contributed by atoms with E-state index in [1.807, 2.05) is 0 Å². The molecule has 3 rings (SSSR count). The third kappa shape index (κ3) is 4.64. The molecule has 1 amide bonds. The Hall–Kier alpha value is -2.46. The molecule has 1 fully saturated rings. The van der Waals surface area contributed by atoms with Crippen LogP contribution in [0.25, 0.3) is 11.3 Å². The van der Waals surface area contributed by atoms with Gasteiger partial charge in [0, 0.05) is 38.3 Å². The molecule has 1 unspecified atom stereocenters. The van der Waals surface area contributed by atoms with Crippen molar-refractivity contribution in [3.05, 3.63) is 41.8 Å². The van der Waals surface area contributed by atoms with Gasteiger partial charge < -0.3 is 10.6 Å². The monoisotopic (exact) mass is 385 g/mol.